The molecule has 0 amide bonds. The summed E-state index contributed by atoms with van der Waals surface area (Å²) in [6.45, 7) is 0. The van der Waals surface area contributed by atoms with Gasteiger partial charge in [-0.25, -0.2) is 0 Å². The van der Waals surface area contributed by atoms with Crippen LogP contribution in [-0.4, -0.2) is 8.80 Å². The predicted molar refractivity (Wildman–Crippen MR) is 242 cm³/mol. The van der Waals surface area contributed by atoms with Gasteiger partial charge in [0.25, 0.3) is 0 Å². The SMILES string of the molecule is c1ccc(-c2c3c4c5c(cc6c7ccccc7n(c3c(C3CCCCC3)c3c7c8c(cc9c%10ccccc%10n(c23)c97)oc2ccccc28)c64)oc2ccccc25)cc1. The molecule has 8 aromatic carbocycles. The first kappa shape index (κ1) is 30.1. The molecule has 1 saturated carbocycles. The minimum Gasteiger partial charge on any atom is -0.456 e. The highest BCUT2D eigenvalue weighted by atomic mass is 16.3. The van der Waals surface area contributed by atoms with Gasteiger partial charge in [-0.1, -0.05) is 122 Å². The Morgan fingerprint density at radius 2 is 0.879 bits per heavy atom. The second-order valence-electron chi connectivity index (χ2n) is 16.9. The van der Waals surface area contributed by atoms with Crippen molar-refractivity contribution in [2.75, 3.05) is 0 Å². The molecular formula is C54H34N2O2. The van der Waals surface area contributed by atoms with Gasteiger partial charge in [0.1, 0.15) is 22.3 Å². The number of hydrogen-bond donors (Lipinski definition) is 0. The maximum atomic E-state index is 6.85. The van der Waals surface area contributed by atoms with Crippen molar-refractivity contribution in [1.29, 1.82) is 0 Å². The Kier molecular flexibility index (Phi) is 5.44. The zero-order valence-electron chi connectivity index (χ0n) is 31.6. The normalized spacial score (nSPS) is 14.8. The van der Waals surface area contributed by atoms with Gasteiger partial charge < -0.3 is 17.6 Å². The van der Waals surface area contributed by atoms with Crippen LogP contribution in [0.1, 0.15) is 43.6 Å². The van der Waals surface area contributed by atoms with Crippen molar-refractivity contribution >= 4 is 120 Å². The topological polar surface area (TPSA) is 35.1 Å². The van der Waals surface area contributed by atoms with E-state index in [9.17, 15) is 0 Å². The molecule has 1 aliphatic carbocycles. The van der Waals surface area contributed by atoms with Crippen LogP contribution in [0.15, 0.2) is 148 Å². The number of aromatic nitrogens is 2. The van der Waals surface area contributed by atoms with Crippen molar-refractivity contribution in [3.63, 3.8) is 0 Å². The Balaban J connectivity index is 1.37. The minimum atomic E-state index is 0.391. The Morgan fingerprint density at radius 1 is 0.379 bits per heavy atom. The first-order valence-electron chi connectivity index (χ1n) is 20.9. The number of rotatable bonds is 2. The molecule has 4 heteroatoms. The first-order chi connectivity index (χ1) is 28.8. The van der Waals surface area contributed by atoms with Crippen LogP contribution in [0.4, 0.5) is 0 Å². The molecule has 58 heavy (non-hydrogen) atoms. The molecule has 1 aliphatic rings. The fraction of sp³-hybridized carbons (Fsp3) is 0.111. The largest absolute Gasteiger partial charge is 0.456 e. The summed E-state index contributed by atoms with van der Waals surface area (Å²) in [7, 11) is 0. The summed E-state index contributed by atoms with van der Waals surface area (Å²) in [6.07, 6.45) is 6.12. The zero-order chi connectivity index (χ0) is 37.4. The number of fused-ring (bicyclic) bond motifs is 20. The van der Waals surface area contributed by atoms with Gasteiger partial charge in [-0.05, 0) is 66.3 Å². The van der Waals surface area contributed by atoms with E-state index in [0.717, 1.165) is 22.3 Å². The summed E-state index contributed by atoms with van der Waals surface area (Å²) in [5.41, 5.74) is 15.5. The van der Waals surface area contributed by atoms with Crippen LogP contribution in [-0.2, 0) is 0 Å². The lowest BCUT2D eigenvalue weighted by Crippen LogP contribution is -2.07. The van der Waals surface area contributed by atoms with Crippen LogP contribution < -0.4 is 0 Å². The monoisotopic (exact) mass is 742 g/mol. The summed E-state index contributed by atoms with van der Waals surface area (Å²) < 4.78 is 19.0. The Bertz CT molecular complexity index is 4050. The molecule has 0 N–H and O–H groups in total. The fourth-order valence-electron chi connectivity index (χ4n) is 12.0. The van der Waals surface area contributed by atoms with E-state index in [0.29, 0.717) is 5.92 Å². The van der Waals surface area contributed by atoms with Crippen molar-refractivity contribution < 1.29 is 8.83 Å². The van der Waals surface area contributed by atoms with Gasteiger partial charge in [-0.15, -0.1) is 0 Å². The molecule has 1 fully saturated rings. The van der Waals surface area contributed by atoms with Gasteiger partial charge in [-0.2, -0.15) is 0 Å². The summed E-state index contributed by atoms with van der Waals surface area (Å²) in [6, 6.07) is 51.3. The molecule has 6 heterocycles. The van der Waals surface area contributed by atoms with Gasteiger partial charge >= 0.3 is 0 Å². The number of nitrogens with zero attached hydrogens (tertiary/aromatic N) is 2. The van der Waals surface area contributed by atoms with Crippen LogP contribution in [0.25, 0.3) is 131 Å². The molecule has 0 unspecified atom stereocenters. The van der Waals surface area contributed by atoms with Crippen LogP contribution in [0.3, 0.4) is 0 Å². The van der Waals surface area contributed by atoms with Gasteiger partial charge in [0, 0.05) is 70.2 Å². The molecule has 0 aliphatic heterocycles. The van der Waals surface area contributed by atoms with Crippen molar-refractivity contribution in [2.45, 2.75) is 38.0 Å². The molecular weight excluding hydrogens is 709 g/mol. The number of furan rings is 2. The molecule has 0 atom stereocenters. The van der Waals surface area contributed by atoms with E-state index in [1.807, 2.05) is 0 Å². The molecule has 0 bridgehead atoms. The molecule has 15 rings (SSSR count). The Labute approximate surface area is 330 Å². The third kappa shape index (κ3) is 3.44. The molecule has 4 nitrogen and oxygen atoms in total. The fourth-order valence-corrected chi connectivity index (χ4v) is 12.0. The van der Waals surface area contributed by atoms with Crippen molar-refractivity contribution in [3.8, 4) is 11.1 Å². The third-order valence-corrected chi connectivity index (χ3v) is 14.1. The van der Waals surface area contributed by atoms with Gasteiger partial charge in [0.2, 0.25) is 0 Å². The van der Waals surface area contributed by atoms with E-state index in [-0.39, 0.29) is 0 Å². The second-order valence-corrected chi connectivity index (χ2v) is 16.9. The zero-order valence-corrected chi connectivity index (χ0v) is 31.6. The van der Waals surface area contributed by atoms with Crippen LogP contribution >= 0.6 is 0 Å². The lowest BCUT2D eigenvalue weighted by molar-refractivity contribution is 0.447. The smallest absolute Gasteiger partial charge is 0.136 e. The average Bonchev–Trinajstić information content (AvgIpc) is 4.12. The van der Waals surface area contributed by atoms with Crippen LogP contribution in [0.5, 0.6) is 0 Å². The summed E-state index contributed by atoms with van der Waals surface area (Å²) in [5, 5.41) is 15.2. The van der Waals surface area contributed by atoms with Crippen molar-refractivity contribution in [2.24, 2.45) is 0 Å². The average molecular weight is 743 g/mol. The lowest BCUT2D eigenvalue weighted by atomic mass is 9.79. The van der Waals surface area contributed by atoms with E-state index in [4.69, 9.17) is 8.83 Å². The van der Waals surface area contributed by atoms with Gasteiger partial charge in [-0.3, -0.25) is 0 Å². The van der Waals surface area contributed by atoms with E-state index in [1.165, 1.54) is 147 Å². The quantitative estimate of drug-likeness (QED) is 0.177. The maximum absolute atomic E-state index is 6.85. The number of hydrogen-bond acceptors (Lipinski definition) is 2. The van der Waals surface area contributed by atoms with Crippen molar-refractivity contribution in [3.05, 3.63) is 145 Å². The highest BCUT2D eigenvalue weighted by Gasteiger charge is 2.35. The Morgan fingerprint density at radius 3 is 1.48 bits per heavy atom. The second kappa shape index (κ2) is 10.5. The van der Waals surface area contributed by atoms with Crippen LogP contribution in [0.2, 0.25) is 0 Å². The molecule has 0 spiro atoms. The molecule has 14 aromatic rings. The van der Waals surface area contributed by atoms with Crippen LogP contribution in [0, 0.1) is 0 Å². The minimum absolute atomic E-state index is 0.391. The molecule has 272 valence electrons. The summed E-state index contributed by atoms with van der Waals surface area (Å²) in [5.74, 6) is 0.391. The summed E-state index contributed by atoms with van der Waals surface area (Å²) in [4.78, 5) is 0. The van der Waals surface area contributed by atoms with E-state index >= 15 is 0 Å². The standard InChI is InChI=1S/C54H34N2O2/c1-3-15-29(16-4-1)43-47-49-45-33-21-9-13-25-39(33)57-41(45)27-35-32-20-8-12-24-38(32)56(51(35)49)54(47)44(30-17-5-2-6-18-30)48-50-46-34-22-10-14-26-40(34)58-42(46)28-36-31-19-7-11-23-37(31)55(52(36)50)53(43)48/h1,3-4,7-16,19-28,30H,2,5-6,17-18H2. The molecule has 6 aromatic heterocycles. The van der Waals surface area contributed by atoms with E-state index in [2.05, 4.69) is 148 Å². The molecule has 0 saturated heterocycles. The number of para-hydroxylation sites is 4. The summed E-state index contributed by atoms with van der Waals surface area (Å²) >= 11 is 0. The lowest BCUT2D eigenvalue weighted by Gasteiger charge is -2.25. The van der Waals surface area contributed by atoms with E-state index in [1.54, 1.807) is 0 Å². The first-order valence-corrected chi connectivity index (χ1v) is 20.9. The number of benzene rings is 8. The Hall–Kier alpha value is -7.04. The van der Waals surface area contributed by atoms with E-state index < -0.39 is 0 Å². The highest BCUT2D eigenvalue weighted by Crippen LogP contribution is 2.57. The van der Waals surface area contributed by atoms with Crippen molar-refractivity contribution in [1.82, 2.24) is 8.80 Å². The van der Waals surface area contributed by atoms with Gasteiger partial charge in [0.15, 0.2) is 0 Å². The highest BCUT2D eigenvalue weighted by molar-refractivity contribution is 6.43. The third-order valence-electron chi connectivity index (χ3n) is 14.1. The van der Waals surface area contributed by atoms with Gasteiger partial charge in [0.05, 0.1) is 33.1 Å². The maximum Gasteiger partial charge on any atom is 0.136 e. The molecule has 0 radical (unpaired) electrons. The predicted octanol–water partition coefficient (Wildman–Crippen LogP) is 15.5.